The number of fused-ring (bicyclic) bond motifs is 1. The standard InChI is InChI=1S/C22H33F3N2O4SSi/c1-8-27(9-2)18(15-30-33(6,7)21(3,4)5)17-12-10-11-16-13-14-19(26-20(16)17)31-32(28,29)22(23,24)25/h10-14,18H,8-9,15H2,1-7H3. The maximum absolute atomic E-state index is 12.8. The molecule has 0 spiro atoms. The van der Waals surface area contributed by atoms with Crippen LogP contribution < -0.4 is 4.18 Å². The van der Waals surface area contributed by atoms with Gasteiger partial charge in [0.05, 0.1) is 18.2 Å². The number of halogens is 3. The Hall–Kier alpha value is -1.69. The number of nitrogens with zero attached hydrogens (tertiary/aromatic N) is 2. The highest BCUT2D eigenvalue weighted by Gasteiger charge is 2.49. The third-order valence-electron chi connectivity index (χ3n) is 6.22. The smallest absolute Gasteiger partial charge is 0.415 e. The molecule has 0 amide bonds. The molecule has 186 valence electrons. The molecule has 1 heterocycles. The summed E-state index contributed by atoms with van der Waals surface area (Å²) in [6.45, 7) is 16.6. The lowest BCUT2D eigenvalue weighted by Gasteiger charge is -2.39. The second-order valence-corrected chi connectivity index (χ2v) is 15.7. The molecule has 0 fully saturated rings. The minimum absolute atomic E-state index is 0.00474. The van der Waals surface area contributed by atoms with Gasteiger partial charge < -0.3 is 8.61 Å². The number of likely N-dealkylation sites (N-methyl/N-ethyl adjacent to an activating group) is 1. The highest BCUT2D eigenvalue weighted by Crippen LogP contribution is 2.38. The predicted octanol–water partition coefficient (Wildman–Crippen LogP) is 5.87. The van der Waals surface area contributed by atoms with E-state index in [9.17, 15) is 21.6 Å². The molecule has 0 saturated heterocycles. The molecule has 6 nitrogen and oxygen atoms in total. The van der Waals surface area contributed by atoms with Crippen LogP contribution in [0.1, 0.15) is 46.2 Å². The van der Waals surface area contributed by atoms with Crippen LogP contribution in [0, 0.1) is 0 Å². The molecule has 0 radical (unpaired) electrons. The first-order chi connectivity index (χ1) is 15.0. The van der Waals surface area contributed by atoms with E-state index in [1.54, 1.807) is 6.07 Å². The fraction of sp³-hybridized carbons (Fsp3) is 0.591. The minimum atomic E-state index is -5.82. The number of aromatic nitrogens is 1. The molecule has 11 heteroatoms. The van der Waals surface area contributed by atoms with Crippen molar-refractivity contribution in [3.63, 3.8) is 0 Å². The summed E-state index contributed by atoms with van der Waals surface area (Å²) in [7, 11) is -7.90. The molecular formula is C22H33F3N2O4SSi. The van der Waals surface area contributed by atoms with Crippen molar-refractivity contribution >= 4 is 29.3 Å². The first kappa shape index (κ1) is 27.6. The zero-order chi connectivity index (χ0) is 25.2. The maximum Gasteiger partial charge on any atom is 0.534 e. The summed E-state index contributed by atoms with van der Waals surface area (Å²) in [6.07, 6.45) is 0. The molecule has 0 bridgehead atoms. The summed E-state index contributed by atoms with van der Waals surface area (Å²) in [4.78, 5) is 6.35. The second-order valence-electron chi connectivity index (χ2n) is 9.36. The van der Waals surface area contributed by atoms with E-state index in [-0.39, 0.29) is 11.1 Å². The van der Waals surface area contributed by atoms with Gasteiger partial charge in [0.25, 0.3) is 0 Å². The van der Waals surface area contributed by atoms with E-state index in [0.717, 1.165) is 24.7 Å². The Labute approximate surface area is 195 Å². The van der Waals surface area contributed by atoms with Crippen LogP contribution in [0.2, 0.25) is 18.1 Å². The van der Waals surface area contributed by atoms with E-state index >= 15 is 0 Å². The molecule has 0 aliphatic rings. The summed E-state index contributed by atoms with van der Waals surface area (Å²) >= 11 is 0. The molecule has 0 aliphatic carbocycles. The molecule has 1 aromatic carbocycles. The van der Waals surface area contributed by atoms with Gasteiger partial charge in [-0.2, -0.15) is 21.6 Å². The summed E-state index contributed by atoms with van der Waals surface area (Å²) in [5.74, 6) is -0.629. The fourth-order valence-corrected chi connectivity index (χ4v) is 4.61. The normalized spacial score (nSPS) is 14.6. The quantitative estimate of drug-likeness (QED) is 0.241. The van der Waals surface area contributed by atoms with Crippen molar-refractivity contribution in [1.29, 1.82) is 0 Å². The summed E-state index contributed by atoms with van der Waals surface area (Å²) in [6, 6.07) is 7.85. The maximum atomic E-state index is 12.8. The first-order valence-electron chi connectivity index (χ1n) is 10.8. The van der Waals surface area contributed by atoms with Crippen molar-refractivity contribution in [1.82, 2.24) is 9.88 Å². The summed E-state index contributed by atoms with van der Waals surface area (Å²) < 4.78 is 72.1. The third kappa shape index (κ3) is 6.26. The fourth-order valence-electron chi connectivity index (χ4n) is 3.19. The van der Waals surface area contributed by atoms with Gasteiger partial charge in [-0.1, -0.05) is 52.8 Å². The third-order valence-corrected chi connectivity index (χ3v) is 11.7. The van der Waals surface area contributed by atoms with Crippen molar-refractivity contribution in [2.24, 2.45) is 0 Å². The number of benzene rings is 1. The summed E-state index contributed by atoms with van der Waals surface area (Å²) in [5.41, 5.74) is -4.42. The largest absolute Gasteiger partial charge is 0.534 e. The number of para-hydroxylation sites is 1. The van der Waals surface area contributed by atoms with Crippen LogP contribution in [0.5, 0.6) is 5.88 Å². The number of rotatable bonds is 9. The van der Waals surface area contributed by atoms with Crippen LogP contribution >= 0.6 is 0 Å². The molecule has 0 N–H and O–H groups in total. The first-order valence-corrected chi connectivity index (χ1v) is 15.1. The van der Waals surface area contributed by atoms with Crippen molar-refractivity contribution in [2.75, 3.05) is 19.7 Å². The predicted molar refractivity (Wildman–Crippen MR) is 126 cm³/mol. The van der Waals surface area contributed by atoms with Crippen LogP contribution in [0.4, 0.5) is 13.2 Å². The second kappa shape index (κ2) is 9.89. The lowest BCUT2D eigenvalue weighted by atomic mass is 10.0. The van der Waals surface area contributed by atoms with Crippen molar-refractivity contribution in [2.45, 2.75) is 64.3 Å². The molecule has 1 aromatic heterocycles. The van der Waals surface area contributed by atoms with Crippen molar-refractivity contribution < 1.29 is 30.2 Å². The van der Waals surface area contributed by atoms with E-state index in [4.69, 9.17) is 4.43 Å². The monoisotopic (exact) mass is 506 g/mol. The molecule has 0 saturated carbocycles. The molecule has 33 heavy (non-hydrogen) atoms. The van der Waals surface area contributed by atoms with E-state index in [1.165, 1.54) is 6.07 Å². The average Bonchev–Trinajstić information content (AvgIpc) is 2.69. The van der Waals surface area contributed by atoms with E-state index < -0.39 is 29.8 Å². The molecule has 1 atom stereocenters. The van der Waals surface area contributed by atoms with Crippen LogP contribution in [0.25, 0.3) is 10.9 Å². The van der Waals surface area contributed by atoms with E-state index in [0.29, 0.717) is 17.5 Å². The average molecular weight is 507 g/mol. The van der Waals surface area contributed by atoms with Crippen molar-refractivity contribution in [3.05, 3.63) is 35.9 Å². The molecule has 2 aromatic rings. The van der Waals surface area contributed by atoms with Crippen LogP contribution in [0.15, 0.2) is 30.3 Å². The van der Waals surface area contributed by atoms with Gasteiger partial charge in [0.1, 0.15) is 0 Å². The number of hydrogen-bond acceptors (Lipinski definition) is 6. The van der Waals surface area contributed by atoms with Gasteiger partial charge in [0, 0.05) is 11.5 Å². The zero-order valence-electron chi connectivity index (χ0n) is 20.2. The summed E-state index contributed by atoms with van der Waals surface area (Å²) in [5, 5.41) is 0.666. The van der Waals surface area contributed by atoms with Gasteiger partial charge in [-0.3, -0.25) is 4.90 Å². The Bertz CT molecular complexity index is 1070. The highest BCUT2D eigenvalue weighted by molar-refractivity contribution is 7.87. The van der Waals surface area contributed by atoms with Crippen molar-refractivity contribution in [3.8, 4) is 5.88 Å². The molecule has 0 aliphatic heterocycles. The van der Waals surface area contributed by atoms with Crippen LogP contribution in [-0.2, 0) is 14.5 Å². The van der Waals surface area contributed by atoms with Gasteiger partial charge in [-0.25, -0.2) is 4.98 Å². The minimum Gasteiger partial charge on any atom is -0.415 e. The van der Waals surface area contributed by atoms with Gasteiger partial charge in [-0.05, 0) is 42.9 Å². The number of alkyl halides is 3. The zero-order valence-corrected chi connectivity index (χ0v) is 22.0. The lowest BCUT2D eigenvalue weighted by molar-refractivity contribution is -0.0501. The SMILES string of the molecule is CCN(CC)C(CO[Si](C)(C)C(C)(C)C)c1cccc2ccc(OS(=O)(=O)C(F)(F)F)nc12. The van der Waals surface area contributed by atoms with Crippen LogP contribution in [-0.4, -0.2) is 51.8 Å². The molecule has 2 rings (SSSR count). The Morgan fingerprint density at radius 3 is 2.18 bits per heavy atom. The topological polar surface area (TPSA) is 68.7 Å². The Balaban J connectivity index is 2.55. The Morgan fingerprint density at radius 2 is 1.67 bits per heavy atom. The highest BCUT2D eigenvalue weighted by atomic mass is 32.2. The molecular weight excluding hydrogens is 473 g/mol. The van der Waals surface area contributed by atoms with E-state index in [2.05, 4.69) is 47.9 Å². The van der Waals surface area contributed by atoms with Gasteiger partial charge in [-0.15, -0.1) is 0 Å². The van der Waals surface area contributed by atoms with Gasteiger partial charge in [0.2, 0.25) is 5.88 Å². The number of pyridine rings is 1. The van der Waals surface area contributed by atoms with Gasteiger partial charge >= 0.3 is 15.6 Å². The Morgan fingerprint density at radius 1 is 1.06 bits per heavy atom. The van der Waals surface area contributed by atoms with Crippen LogP contribution in [0.3, 0.4) is 0 Å². The molecule has 1 unspecified atom stereocenters. The van der Waals surface area contributed by atoms with E-state index in [1.807, 2.05) is 26.0 Å². The lowest BCUT2D eigenvalue weighted by Crippen LogP contribution is -2.43. The Kier molecular flexibility index (Phi) is 8.26. The number of hydrogen-bond donors (Lipinski definition) is 0. The van der Waals surface area contributed by atoms with Gasteiger partial charge in [0.15, 0.2) is 8.32 Å².